The molecule has 0 N–H and O–H groups in total. The van der Waals surface area contributed by atoms with Crippen molar-refractivity contribution in [3.63, 3.8) is 0 Å². The number of anilines is 9. The number of benzene rings is 12. The predicted octanol–water partition coefficient (Wildman–Crippen LogP) is 19.6. The number of nitrogens with zero attached hydrogens (tertiary/aromatic N) is 3. The van der Waals surface area contributed by atoms with Crippen molar-refractivity contribution in [1.82, 2.24) is 0 Å². The molecule has 1 aromatic heterocycles. The first-order chi connectivity index (χ1) is 35.7. The highest BCUT2D eigenvalue weighted by atomic mass is 16.3. The van der Waals surface area contributed by atoms with E-state index in [2.05, 4.69) is 294 Å². The van der Waals surface area contributed by atoms with Gasteiger partial charge in [-0.1, -0.05) is 188 Å². The Hall–Kier alpha value is -9.64. The van der Waals surface area contributed by atoms with E-state index in [-0.39, 0.29) is 0 Å². The number of furan rings is 1. The topological polar surface area (TPSA) is 22.9 Å². The lowest BCUT2D eigenvalue weighted by molar-refractivity contribution is 0.669. The van der Waals surface area contributed by atoms with Crippen LogP contribution in [0.1, 0.15) is 0 Å². The summed E-state index contributed by atoms with van der Waals surface area (Å²) in [5.74, 6) is 0. The fourth-order valence-corrected chi connectivity index (χ4v) is 10.6. The first-order valence-electron chi connectivity index (χ1n) is 24.5. The molecule has 0 aliphatic heterocycles. The summed E-state index contributed by atoms with van der Waals surface area (Å²) in [4.78, 5) is 7.25. The molecule has 0 fully saturated rings. The molecule has 4 nitrogen and oxygen atoms in total. The number of para-hydroxylation sites is 6. The number of hydrogen-bond donors (Lipinski definition) is 0. The van der Waals surface area contributed by atoms with Crippen molar-refractivity contribution in [1.29, 1.82) is 0 Å². The van der Waals surface area contributed by atoms with E-state index in [1.165, 1.54) is 0 Å². The average molecular weight is 922 g/mol. The van der Waals surface area contributed by atoms with Gasteiger partial charge in [0.2, 0.25) is 0 Å². The fourth-order valence-electron chi connectivity index (χ4n) is 10.6. The van der Waals surface area contributed by atoms with Gasteiger partial charge in [-0.3, -0.25) is 0 Å². The first kappa shape index (κ1) is 42.5. The molecule has 340 valence electrons. The van der Waals surface area contributed by atoms with E-state index in [0.717, 1.165) is 117 Å². The van der Waals surface area contributed by atoms with Gasteiger partial charge in [0.1, 0.15) is 11.2 Å². The molecule has 13 rings (SSSR count). The van der Waals surface area contributed by atoms with Gasteiger partial charge in [0.15, 0.2) is 0 Å². The molecule has 4 heteroatoms. The number of hydrogen-bond acceptors (Lipinski definition) is 4. The van der Waals surface area contributed by atoms with Gasteiger partial charge in [0, 0.05) is 44.5 Å². The third-order valence-electron chi connectivity index (χ3n) is 13.7. The van der Waals surface area contributed by atoms with Gasteiger partial charge in [0.05, 0.1) is 28.4 Å². The van der Waals surface area contributed by atoms with Crippen molar-refractivity contribution < 1.29 is 4.42 Å². The van der Waals surface area contributed by atoms with Crippen molar-refractivity contribution in [2.45, 2.75) is 0 Å². The van der Waals surface area contributed by atoms with Crippen molar-refractivity contribution in [2.24, 2.45) is 0 Å². The Morgan fingerprint density at radius 3 is 1.29 bits per heavy atom. The quantitative estimate of drug-likeness (QED) is 0.121. The predicted molar refractivity (Wildman–Crippen MR) is 304 cm³/mol. The highest BCUT2D eigenvalue weighted by Crippen LogP contribution is 2.51. The van der Waals surface area contributed by atoms with Crippen LogP contribution in [-0.2, 0) is 0 Å². The number of fused-ring (bicyclic) bond motifs is 6. The van der Waals surface area contributed by atoms with Crippen LogP contribution in [0, 0.1) is 0 Å². The molecule has 0 bridgehead atoms. The molecule has 0 aliphatic carbocycles. The van der Waals surface area contributed by atoms with E-state index in [1.54, 1.807) is 0 Å². The van der Waals surface area contributed by atoms with E-state index in [9.17, 15) is 0 Å². The van der Waals surface area contributed by atoms with Crippen LogP contribution in [0.25, 0.3) is 65.7 Å². The standard InChI is InChI=1S/C68H47N3O/c1-6-23-48(24-7-1)58-34-16-17-35-59(58)60-36-18-20-38-64(60)71(65-39-22-25-49-41-42-50-43-67-63(47-62(50)68(49)65)61-37-19-21-40-66(61)72-67)57-45-55(69(51-26-8-2-9-27-51)52-28-10-3-11-29-52)44-56(46-57)70(53-30-12-4-13-31-53)54-32-14-5-15-33-54/h1-47H. The van der Waals surface area contributed by atoms with E-state index in [4.69, 9.17) is 4.42 Å². The van der Waals surface area contributed by atoms with E-state index in [1.807, 2.05) is 6.07 Å². The minimum absolute atomic E-state index is 0.876. The highest BCUT2D eigenvalue weighted by Gasteiger charge is 2.26. The zero-order valence-corrected chi connectivity index (χ0v) is 39.4. The van der Waals surface area contributed by atoms with Gasteiger partial charge in [-0.05, 0) is 130 Å². The van der Waals surface area contributed by atoms with E-state index < -0.39 is 0 Å². The molecule has 0 unspecified atom stereocenters. The second-order valence-corrected chi connectivity index (χ2v) is 18.1. The van der Waals surface area contributed by atoms with Crippen molar-refractivity contribution >= 4 is 94.7 Å². The maximum atomic E-state index is 6.50. The third-order valence-corrected chi connectivity index (χ3v) is 13.7. The smallest absolute Gasteiger partial charge is 0.136 e. The molecule has 0 saturated heterocycles. The van der Waals surface area contributed by atoms with Crippen molar-refractivity contribution in [3.05, 3.63) is 285 Å². The molecule has 13 aromatic rings. The normalized spacial score (nSPS) is 11.3. The summed E-state index contributed by atoms with van der Waals surface area (Å²) in [5, 5.41) is 6.74. The van der Waals surface area contributed by atoms with Gasteiger partial charge in [-0.25, -0.2) is 0 Å². The largest absolute Gasteiger partial charge is 0.456 e. The van der Waals surface area contributed by atoms with Crippen LogP contribution in [-0.4, -0.2) is 0 Å². The molecule has 0 atom stereocenters. The van der Waals surface area contributed by atoms with Gasteiger partial charge in [-0.2, -0.15) is 0 Å². The molecule has 0 amide bonds. The van der Waals surface area contributed by atoms with Crippen LogP contribution in [0.15, 0.2) is 290 Å². The van der Waals surface area contributed by atoms with Crippen molar-refractivity contribution in [3.8, 4) is 22.3 Å². The summed E-state index contributed by atoms with van der Waals surface area (Å²) >= 11 is 0. The van der Waals surface area contributed by atoms with Crippen LogP contribution in [0.4, 0.5) is 51.2 Å². The maximum Gasteiger partial charge on any atom is 0.136 e. The first-order valence-corrected chi connectivity index (χ1v) is 24.5. The summed E-state index contributed by atoms with van der Waals surface area (Å²) in [6.45, 7) is 0. The summed E-state index contributed by atoms with van der Waals surface area (Å²) < 4.78 is 6.50. The summed E-state index contributed by atoms with van der Waals surface area (Å²) in [7, 11) is 0. The Bertz CT molecular complexity index is 3860. The molecule has 0 saturated carbocycles. The van der Waals surface area contributed by atoms with E-state index >= 15 is 0 Å². The second kappa shape index (κ2) is 18.4. The molecule has 1 heterocycles. The average Bonchev–Trinajstić information content (AvgIpc) is 3.81. The fraction of sp³-hybridized carbons (Fsp3) is 0. The van der Waals surface area contributed by atoms with Crippen LogP contribution in [0.2, 0.25) is 0 Å². The Kier molecular flexibility index (Phi) is 10.8. The Balaban J connectivity index is 1.16. The second-order valence-electron chi connectivity index (χ2n) is 18.1. The van der Waals surface area contributed by atoms with Crippen molar-refractivity contribution in [2.75, 3.05) is 14.7 Å². The SMILES string of the molecule is c1ccc(-c2ccccc2-c2ccccc2N(c2cc(N(c3ccccc3)c3ccccc3)cc(N(c3ccccc3)c3ccccc3)c2)c2cccc3ccc4cc5oc6ccccc6c5cc4c23)cc1. The molecular formula is C68H47N3O. The molecule has 12 aromatic carbocycles. The summed E-state index contributed by atoms with van der Waals surface area (Å²) in [6, 6.07) is 102. The highest BCUT2D eigenvalue weighted by molar-refractivity contribution is 6.20. The van der Waals surface area contributed by atoms with Crippen LogP contribution < -0.4 is 14.7 Å². The third kappa shape index (κ3) is 7.68. The zero-order valence-electron chi connectivity index (χ0n) is 39.4. The van der Waals surface area contributed by atoms with Gasteiger partial charge < -0.3 is 19.1 Å². The lowest BCUT2D eigenvalue weighted by atomic mass is 9.92. The Morgan fingerprint density at radius 2 is 0.694 bits per heavy atom. The summed E-state index contributed by atoms with van der Waals surface area (Å²) in [5.41, 5.74) is 15.6. The van der Waals surface area contributed by atoms with Gasteiger partial charge in [0.25, 0.3) is 0 Å². The lowest BCUT2D eigenvalue weighted by Gasteiger charge is -2.34. The Morgan fingerprint density at radius 1 is 0.236 bits per heavy atom. The van der Waals surface area contributed by atoms with Gasteiger partial charge >= 0.3 is 0 Å². The van der Waals surface area contributed by atoms with E-state index in [0.29, 0.717) is 0 Å². The summed E-state index contributed by atoms with van der Waals surface area (Å²) in [6.07, 6.45) is 0. The van der Waals surface area contributed by atoms with Crippen LogP contribution in [0.3, 0.4) is 0 Å². The monoisotopic (exact) mass is 921 g/mol. The maximum absolute atomic E-state index is 6.50. The molecule has 72 heavy (non-hydrogen) atoms. The molecule has 0 spiro atoms. The molecule has 0 aliphatic rings. The Labute approximate surface area is 419 Å². The zero-order chi connectivity index (χ0) is 47.8. The minimum atomic E-state index is 0.876. The molecule has 0 radical (unpaired) electrons. The molecular weight excluding hydrogens is 875 g/mol. The van der Waals surface area contributed by atoms with Gasteiger partial charge in [-0.15, -0.1) is 0 Å². The van der Waals surface area contributed by atoms with Crippen LogP contribution >= 0.6 is 0 Å². The lowest BCUT2D eigenvalue weighted by Crippen LogP contribution is -2.17. The minimum Gasteiger partial charge on any atom is -0.456 e. The number of rotatable bonds is 11. The van der Waals surface area contributed by atoms with Crippen LogP contribution in [0.5, 0.6) is 0 Å².